The van der Waals surface area contributed by atoms with Crippen LogP contribution in [0.5, 0.6) is 0 Å². The molecule has 2 aromatic carbocycles. The van der Waals surface area contributed by atoms with Gasteiger partial charge in [0.05, 0.1) is 11.4 Å². The molecule has 8 heteroatoms. The van der Waals surface area contributed by atoms with Gasteiger partial charge in [0.2, 0.25) is 5.96 Å². The molecule has 0 bridgehead atoms. The second-order valence-corrected chi connectivity index (χ2v) is 9.00. The molecule has 150 valence electrons. The molecule has 4 rings (SSSR count). The highest BCUT2D eigenvalue weighted by molar-refractivity contribution is 7.90. The third-order valence-corrected chi connectivity index (χ3v) is 6.20. The van der Waals surface area contributed by atoms with Gasteiger partial charge in [-0.15, -0.1) is 4.40 Å². The third kappa shape index (κ3) is 3.63. The number of benzene rings is 2. The van der Waals surface area contributed by atoms with E-state index >= 15 is 0 Å². The zero-order chi connectivity index (χ0) is 20.8. The van der Waals surface area contributed by atoms with E-state index in [1.807, 2.05) is 50.5 Å². The molecule has 0 spiro atoms. The number of guanidine groups is 1. The first kappa shape index (κ1) is 19.2. The lowest BCUT2D eigenvalue weighted by Gasteiger charge is -2.22. The molecule has 1 aromatic heterocycles. The number of para-hydroxylation sites is 1. The van der Waals surface area contributed by atoms with Gasteiger partial charge in [-0.05, 0) is 36.6 Å². The van der Waals surface area contributed by atoms with E-state index in [-0.39, 0.29) is 10.9 Å². The van der Waals surface area contributed by atoms with Crippen molar-refractivity contribution < 1.29 is 8.42 Å². The molecule has 0 atom stereocenters. The summed E-state index contributed by atoms with van der Waals surface area (Å²) in [5.41, 5.74) is 4.89. The Kier molecular flexibility index (Phi) is 4.66. The molecular weight excluding hydrogens is 386 g/mol. The van der Waals surface area contributed by atoms with Gasteiger partial charge in [0.25, 0.3) is 10.0 Å². The summed E-state index contributed by atoms with van der Waals surface area (Å²) in [6, 6.07) is 13.0. The van der Waals surface area contributed by atoms with Crippen molar-refractivity contribution in [2.75, 3.05) is 10.6 Å². The van der Waals surface area contributed by atoms with Crippen molar-refractivity contribution in [2.24, 2.45) is 11.4 Å². The summed E-state index contributed by atoms with van der Waals surface area (Å²) in [6.07, 6.45) is 1.88. The van der Waals surface area contributed by atoms with E-state index in [2.05, 4.69) is 34.0 Å². The van der Waals surface area contributed by atoms with Crippen molar-refractivity contribution in [3.05, 3.63) is 59.9 Å². The van der Waals surface area contributed by atoms with Crippen molar-refractivity contribution >= 4 is 27.4 Å². The summed E-state index contributed by atoms with van der Waals surface area (Å²) < 4.78 is 31.3. The van der Waals surface area contributed by atoms with Crippen LogP contribution in [-0.4, -0.2) is 24.2 Å². The number of anilines is 2. The van der Waals surface area contributed by atoms with Crippen molar-refractivity contribution in [1.82, 2.24) is 9.78 Å². The first-order chi connectivity index (χ1) is 13.7. The highest BCUT2D eigenvalue weighted by Crippen LogP contribution is 2.37. The molecule has 2 N–H and O–H groups in total. The van der Waals surface area contributed by atoms with Crippen LogP contribution in [0.2, 0.25) is 0 Å². The first-order valence-corrected chi connectivity index (χ1v) is 10.8. The molecule has 3 aromatic rings. The number of sulfonamides is 1. The summed E-state index contributed by atoms with van der Waals surface area (Å²) in [6.45, 7) is 6.12. The van der Waals surface area contributed by atoms with Crippen molar-refractivity contribution in [2.45, 2.75) is 31.6 Å². The number of fused-ring (bicyclic) bond motifs is 1. The zero-order valence-corrected chi connectivity index (χ0v) is 17.6. The predicted octanol–water partition coefficient (Wildman–Crippen LogP) is 4.10. The van der Waals surface area contributed by atoms with E-state index < -0.39 is 10.0 Å². The standard InChI is InChI=1S/C21H23N5O2S/c1-13(2)15-7-5-8-16(11-15)22-21-23-20-17(18-12-26(4)24-14(18)3)9-6-10-19(20)29(27,28)25-21/h5-13H,1-4H3,(H2,22,23,25). The second kappa shape index (κ2) is 7.04. The molecule has 1 aliphatic rings. The number of hydrogen-bond donors (Lipinski definition) is 2. The fourth-order valence-corrected chi connectivity index (χ4v) is 4.54. The van der Waals surface area contributed by atoms with Crippen LogP contribution in [0.1, 0.15) is 31.0 Å². The smallest absolute Gasteiger partial charge is 0.287 e. The monoisotopic (exact) mass is 409 g/mol. The zero-order valence-electron chi connectivity index (χ0n) is 16.8. The average Bonchev–Trinajstić information content (AvgIpc) is 2.99. The summed E-state index contributed by atoms with van der Waals surface area (Å²) in [4.78, 5) is 0.153. The maximum Gasteiger partial charge on any atom is 0.287 e. The van der Waals surface area contributed by atoms with Crippen LogP contribution in [0.4, 0.5) is 11.4 Å². The van der Waals surface area contributed by atoms with Gasteiger partial charge in [-0.1, -0.05) is 38.1 Å². The minimum Gasteiger partial charge on any atom is -0.325 e. The lowest BCUT2D eigenvalue weighted by Crippen LogP contribution is -2.28. The van der Waals surface area contributed by atoms with E-state index in [0.717, 1.165) is 28.1 Å². The molecule has 0 saturated carbocycles. The van der Waals surface area contributed by atoms with Crippen LogP contribution in [-0.2, 0) is 17.1 Å². The number of rotatable bonds is 3. The van der Waals surface area contributed by atoms with Gasteiger partial charge in [-0.25, -0.2) is 0 Å². The van der Waals surface area contributed by atoms with E-state index in [1.165, 1.54) is 0 Å². The molecule has 2 heterocycles. The number of aryl methyl sites for hydroxylation is 2. The molecule has 0 aliphatic carbocycles. The number of nitrogens with zero attached hydrogens (tertiary/aromatic N) is 3. The Morgan fingerprint density at radius 2 is 1.86 bits per heavy atom. The van der Waals surface area contributed by atoms with E-state index in [1.54, 1.807) is 16.8 Å². The molecule has 0 saturated heterocycles. The van der Waals surface area contributed by atoms with Crippen LogP contribution >= 0.6 is 0 Å². The van der Waals surface area contributed by atoms with Crippen LogP contribution in [0, 0.1) is 6.92 Å². The quantitative estimate of drug-likeness (QED) is 0.680. The summed E-state index contributed by atoms with van der Waals surface area (Å²) >= 11 is 0. The Morgan fingerprint density at radius 3 is 2.55 bits per heavy atom. The second-order valence-electron chi connectivity index (χ2n) is 7.43. The van der Waals surface area contributed by atoms with Gasteiger partial charge in [0.15, 0.2) is 0 Å². The molecular formula is C21H23N5O2S. The van der Waals surface area contributed by atoms with Crippen molar-refractivity contribution in [3.63, 3.8) is 0 Å². The highest BCUT2D eigenvalue weighted by Gasteiger charge is 2.28. The summed E-state index contributed by atoms with van der Waals surface area (Å²) in [5, 5.41) is 10.7. The molecule has 1 aliphatic heterocycles. The number of aromatic nitrogens is 2. The van der Waals surface area contributed by atoms with Crippen LogP contribution < -0.4 is 10.6 Å². The van der Waals surface area contributed by atoms with Gasteiger partial charge >= 0.3 is 0 Å². The van der Waals surface area contributed by atoms with Crippen molar-refractivity contribution in [3.8, 4) is 11.1 Å². The largest absolute Gasteiger partial charge is 0.325 e. The van der Waals surface area contributed by atoms with Crippen LogP contribution in [0.25, 0.3) is 11.1 Å². The van der Waals surface area contributed by atoms with Gasteiger partial charge in [0, 0.05) is 30.1 Å². The maximum absolute atomic E-state index is 12.8. The van der Waals surface area contributed by atoms with Crippen molar-refractivity contribution in [1.29, 1.82) is 0 Å². The van der Waals surface area contributed by atoms with Gasteiger partial charge in [-0.3, -0.25) is 4.68 Å². The van der Waals surface area contributed by atoms with E-state index in [0.29, 0.717) is 11.6 Å². The van der Waals surface area contributed by atoms with Crippen LogP contribution in [0.3, 0.4) is 0 Å². The Bertz CT molecular complexity index is 1230. The van der Waals surface area contributed by atoms with Gasteiger partial charge in [-0.2, -0.15) is 13.5 Å². The molecule has 0 amide bonds. The Morgan fingerprint density at radius 1 is 1.10 bits per heavy atom. The lowest BCUT2D eigenvalue weighted by molar-refractivity contribution is 0.598. The molecule has 29 heavy (non-hydrogen) atoms. The van der Waals surface area contributed by atoms with Gasteiger partial charge in [0.1, 0.15) is 4.90 Å². The van der Waals surface area contributed by atoms with Crippen LogP contribution in [0.15, 0.2) is 58.0 Å². The Labute approximate surface area is 170 Å². The minimum atomic E-state index is -3.84. The molecule has 0 unspecified atom stereocenters. The number of hydrogen-bond acceptors (Lipinski definition) is 5. The molecule has 0 fully saturated rings. The lowest BCUT2D eigenvalue weighted by atomic mass is 10.0. The third-order valence-electron chi connectivity index (χ3n) is 4.88. The highest BCUT2D eigenvalue weighted by atomic mass is 32.2. The Balaban J connectivity index is 1.76. The van der Waals surface area contributed by atoms with E-state index in [9.17, 15) is 8.42 Å². The fourth-order valence-electron chi connectivity index (χ4n) is 3.44. The van der Waals surface area contributed by atoms with Gasteiger partial charge < -0.3 is 10.6 Å². The summed E-state index contributed by atoms with van der Waals surface area (Å²) in [5.74, 6) is 0.537. The predicted molar refractivity (Wildman–Crippen MR) is 116 cm³/mol. The average molecular weight is 410 g/mol. The number of nitrogens with one attached hydrogen (secondary N) is 2. The normalized spacial score (nSPS) is 14.9. The van der Waals surface area contributed by atoms with E-state index in [4.69, 9.17) is 0 Å². The fraction of sp³-hybridized carbons (Fsp3) is 0.238. The SMILES string of the molecule is Cc1nn(C)cc1-c1cccc2c1NC(Nc1cccc(C(C)C)c1)=NS2(=O)=O. The first-order valence-electron chi connectivity index (χ1n) is 9.37. The summed E-state index contributed by atoms with van der Waals surface area (Å²) in [7, 11) is -2.00. The Hall–Kier alpha value is -3.13. The molecule has 0 radical (unpaired) electrons. The minimum absolute atomic E-state index is 0.153. The maximum atomic E-state index is 12.8. The topological polar surface area (TPSA) is 88.4 Å². The molecule has 7 nitrogen and oxygen atoms in total.